The molecule has 3 aromatic rings. The molecule has 7 nitrogen and oxygen atoms in total. The second kappa shape index (κ2) is 8.99. The first-order valence-corrected chi connectivity index (χ1v) is 10.4. The SMILES string of the molecule is NC(=O)C[C@@]1(COc2ccc(Cl)cc2)CN(C(=O)Cn2ccc3ccccc32)CCO1. The fourth-order valence-electron chi connectivity index (χ4n) is 3.89. The Kier molecular flexibility index (Phi) is 6.15. The van der Waals surface area contributed by atoms with E-state index in [-0.39, 0.29) is 32.0 Å². The van der Waals surface area contributed by atoms with Gasteiger partial charge in [0.15, 0.2) is 0 Å². The third-order valence-electron chi connectivity index (χ3n) is 5.40. The van der Waals surface area contributed by atoms with Crippen molar-refractivity contribution in [3.05, 3.63) is 65.8 Å². The lowest BCUT2D eigenvalue weighted by Crippen LogP contribution is -2.58. The van der Waals surface area contributed by atoms with Gasteiger partial charge in [0.2, 0.25) is 11.8 Å². The van der Waals surface area contributed by atoms with E-state index in [1.54, 1.807) is 29.2 Å². The maximum atomic E-state index is 13.1. The Balaban J connectivity index is 1.47. The molecule has 2 N–H and O–H groups in total. The molecule has 0 saturated carbocycles. The van der Waals surface area contributed by atoms with Crippen molar-refractivity contribution in [2.45, 2.75) is 18.6 Å². The van der Waals surface area contributed by atoms with Crippen molar-refractivity contribution in [3.8, 4) is 5.75 Å². The molecule has 1 aliphatic rings. The molecule has 1 aromatic heterocycles. The van der Waals surface area contributed by atoms with Gasteiger partial charge < -0.3 is 24.7 Å². The third-order valence-corrected chi connectivity index (χ3v) is 5.65. The van der Waals surface area contributed by atoms with Gasteiger partial charge in [0.25, 0.3) is 0 Å². The van der Waals surface area contributed by atoms with Crippen LogP contribution in [-0.2, 0) is 20.9 Å². The summed E-state index contributed by atoms with van der Waals surface area (Å²) in [6.45, 7) is 1.27. The first-order chi connectivity index (χ1) is 14.9. The van der Waals surface area contributed by atoms with Gasteiger partial charge in [-0.25, -0.2) is 0 Å². The number of nitrogens with zero attached hydrogens (tertiary/aromatic N) is 2. The number of primary amides is 1. The number of amides is 2. The van der Waals surface area contributed by atoms with Gasteiger partial charge >= 0.3 is 0 Å². The van der Waals surface area contributed by atoms with Crippen molar-refractivity contribution < 1.29 is 19.1 Å². The molecular formula is C23H24ClN3O4. The Hall–Kier alpha value is -3.03. The summed E-state index contributed by atoms with van der Waals surface area (Å²) in [4.78, 5) is 26.6. The Labute approximate surface area is 185 Å². The van der Waals surface area contributed by atoms with Crippen LogP contribution in [0.15, 0.2) is 60.8 Å². The first kappa shape index (κ1) is 21.2. The second-order valence-corrected chi connectivity index (χ2v) is 8.17. The zero-order valence-corrected chi connectivity index (χ0v) is 17.8. The summed E-state index contributed by atoms with van der Waals surface area (Å²) < 4.78 is 13.7. The Morgan fingerprint density at radius 1 is 1.13 bits per heavy atom. The molecule has 1 atom stereocenters. The number of benzene rings is 2. The van der Waals surface area contributed by atoms with Gasteiger partial charge in [0.1, 0.15) is 24.5 Å². The number of nitrogens with two attached hydrogens (primary N) is 1. The third kappa shape index (κ3) is 5.00. The van der Waals surface area contributed by atoms with Crippen LogP contribution in [0.1, 0.15) is 6.42 Å². The summed E-state index contributed by atoms with van der Waals surface area (Å²) in [6, 6.07) is 16.8. The Morgan fingerprint density at radius 2 is 1.90 bits per heavy atom. The lowest BCUT2D eigenvalue weighted by molar-refractivity contribution is -0.162. The van der Waals surface area contributed by atoms with Gasteiger partial charge in [-0.2, -0.15) is 0 Å². The number of carbonyl (C=O) groups is 2. The van der Waals surface area contributed by atoms with Crippen LogP contribution in [0, 0.1) is 0 Å². The highest BCUT2D eigenvalue weighted by Crippen LogP contribution is 2.25. The number of rotatable bonds is 7. The van der Waals surface area contributed by atoms with E-state index >= 15 is 0 Å². The van der Waals surface area contributed by atoms with Gasteiger partial charge in [-0.15, -0.1) is 0 Å². The van der Waals surface area contributed by atoms with Crippen LogP contribution in [0.4, 0.5) is 0 Å². The van der Waals surface area contributed by atoms with Crippen molar-refractivity contribution in [3.63, 3.8) is 0 Å². The molecular weight excluding hydrogens is 418 g/mol. The van der Waals surface area contributed by atoms with Gasteiger partial charge in [-0.1, -0.05) is 29.8 Å². The molecule has 8 heteroatoms. The van der Waals surface area contributed by atoms with Gasteiger partial charge in [0, 0.05) is 23.3 Å². The van der Waals surface area contributed by atoms with Crippen molar-refractivity contribution in [1.29, 1.82) is 0 Å². The highest BCUT2D eigenvalue weighted by Gasteiger charge is 2.41. The van der Waals surface area contributed by atoms with Gasteiger partial charge in [-0.3, -0.25) is 9.59 Å². The maximum Gasteiger partial charge on any atom is 0.242 e. The number of morpholine rings is 1. The summed E-state index contributed by atoms with van der Waals surface area (Å²) in [5, 5.41) is 1.68. The minimum absolute atomic E-state index is 0.0448. The highest BCUT2D eigenvalue weighted by molar-refractivity contribution is 6.30. The van der Waals surface area contributed by atoms with Crippen LogP contribution < -0.4 is 10.5 Å². The van der Waals surface area contributed by atoms with Crippen molar-refractivity contribution in [2.75, 3.05) is 26.3 Å². The van der Waals surface area contributed by atoms with Crippen LogP contribution in [0.3, 0.4) is 0 Å². The monoisotopic (exact) mass is 441 g/mol. The van der Waals surface area contributed by atoms with E-state index in [4.69, 9.17) is 26.8 Å². The molecule has 0 unspecified atom stereocenters. The molecule has 2 amide bonds. The van der Waals surface area contributed by atoms with Crippen LogP contribution in [-0.4, -0.2) is 53.2 Å². The summed E-state index contributed by atoms with van der Waals surface area (Å²) >= 11 is 5.92. The number of hydrogen-bond acceptors (Lipinski definition) is 4. The van der Waals surface area contributed by atoms with E-state index in [0.717, 1.165) is 10.9 Å². The zero-order chi connectivity index (χ0) is 21.8. The van der Waals surface area contributed by atoms with E-state index in [1.165, 1.54) is 0 Å². The first-order valence-electron chi connectivity index (χ1n) is 10.1. The lowest BCUT2D eigenvalue weighted by atomic mass is 9.97. The molecule has 2 aromatic carbocycles. The van der Waals surface area contributed by atoms with Crippen molar-refractivity contribution >= 4 is 34.3 Å². The van der Waals surface area contributed by atoms with Crippen molar-refractivity contribution in [1.82, 2.24) is 9.47 Å². The fourth-order valence-corrected chi connectivity index (χ4v) is 4.02. The van der Waals surface area contributed by atoms with Crippen LogP contribution in [0.25, 0.3) is 10.9 Å². The minimum atomic E-state index is -1.00. The summed E-state index contributed by atoms with van der Waals surface area (Å²) in [5.41, 5.74) is 5.49. The van der Waals surface area contributed by atoms with Crippen LogP contribution in [0.2, 0.25) is 5.02 Å². The number of aromatic nitrogens is 1. The van der Waals surface area contributed by atoms with Crippen LogP contribution >= 0.6 is 11.6 Å². The molecule has 0 spiro atoms. The van der Waals surface area contributed by atoms with E-state index in [9.17, 15) is 9.59 Å². The molecule has 4 rings (SSSR count). The predicted octanol–water partition coefficient (Wildman–Crippen LogP) is 2.85. The largest absolute Gasteiger partial charge is 0.490 e. The second-order valence-electron chi connectivity index (χ2n) is 7.73. The molecule has 1 saturated heterocycles. The number of hydrogen-bond donors (Lipinski definition) is 1. The smallest absolute Gasteiger partial charge is 0.242 e. The molecule has 2 heterocycles. The van der Waals surface area contributed by atoms with E-state index in [0.29, 0.717) is 23.9 Å². The number of para-hydroxylation sites is 1. The van der Waals surface area contributed by atoms with Crippen molar-refractivity contribution in [2.24, 2.45) is 5.73 Å². The number of fused-ring (bicyclic) bond motifs is 1. The molecule has 0 radical (unpaired) electrons. The molecule has 1 aliphatic heterocycles. The topological polar surface area (TPSA) is 86.8 Å². The molecule has 1 fully saturated rings. The van der Waals surface area contributed by atoms with E-state index in [1.807, 2.05) is 41.1 Å². The molecule has 0 aliphatic carbocycles. The summed E-state index contributed by atoms with van der Waals surface area (Å²) in [6.07, 6.45) is 1.86. The van der Waals surface area contributed by atoms with E-state index in [2.05, 4.69) is 0 Å². The fraction of sp³-hybridized carbons (Fsp3) is 0.304. The summed E-state index contributed by atoms with van der Waals surface area (Å²) in [5.74, 6) is 0.0366. The Morgan fingerprint density at radius 3 is 2.68 bits per heavy atom. The molecule has 162 valence electrons. The quantitative estimate of drug-likeness (QED) is 0.610. The number of halogens is 1. The summed E-state index contributed by atoms with van der Waals surface area (Å²) in [7, 11) is 0. The minimum Gasteiger partial charge on any atom is -0.490 e. The highest BCUT2D eigenvalue weighted by atomic mass is 35.5. The maximum absolute atomic E-state index is 13.1. The number of ether oxygens (including phenoxy) is 2. The average Bonchev–Trinajstić information content (AvgIpc) is 3.16. The Bertz CT molecular complexity index is 1080. The normalized spacial score (nSPS) is 18.8. The van der Waals surface area contributed by atoms with Gasteiger partial charge in [0.05, 0.1) is 19.6 Å². The lowest BCUT2D eigenvalue weighted by Gasteiger charge is -2.42. The zero-order valence-electron chi connectivity index (χ0n) is 17.0. The average molecular weight is 442 g/mol. The predicted molar refractivity (Wildman–Crippen MR) is 118 cm³/mol. The molecule has 0 bridgehead atoms. The molecule has 31 heavy (non-hydrogen) atoms. The van der Waals surface area contributed by atoms with Crippen LogP contribution in [0.5, 0.6) is 5.75 Å². The standard InChI is InChI=1S/C23H24ClN3O4/c24-18-5-7-19(8-6-18)30-16-23(13-21(25)28)15-27(11-12-31-23)22(29)14-26-10-9-17-3-1-2-4-20(17)26/h1-10H,11-16H2,(H2,25,28)/t23-/m0/s1. The number of carbonyl (C=O) groups excluding carboxylic acids is 2. The van der Waals surface area contributed by atoms with E-state index < -0.39 is 11.5 Å². The van der Waals surface area contributed by atoms with Gasteiger partial charge in [-0.05, 0) is 41.8 Å².